The minimum absolute atomic E-state index is 0.265. The highest BCUT2D eigenvalue weighted by Crippen LogP contribution is 2.35. The number of hydrogen-bond acceptors (Lipinski definition) is 1. The van der Waals surface area contributed by atoms with Crippen molar-refractivity contribution in [3.05, 3.63) is 35.0 Å². The van der Waals surface area contributed by atoms with Gasteiger partial charge in [-0.05, 0) is 42.5 Å². The zero-order valence-electron chi connectivity index (χ0n) is 11.7. The first-order valence-corrected chi connectivity index (χ1v) is 7.61. The van der Waals surface area contributed by atoms with Gasteiger partial charge in [-0.15, -0.1) is 0 Å². The number of halogens is 1. The van der Waals surface area contributed by atoms with Gasteiger partial charge in [-0.3, -0.25) is 4.79 Å². The van der Waals surface area contributed by atoms with E-state index in [2.05, 4.69) is 17.1 Å². The van der Waals surface area contributed by atoms with Gasteiger partial charge in [0, 0.05) is 41.6 Å². The van der Waals surface area contributed by atoms with E-state index in [0.29, 0.717) is 12.3 Å². The van der Waals surface area contributed by atoms with Crippen LogP contribution in [-0.4, -0.2) is 28.9 Å². The SMILES string of the molecule is CCC(=O)N1CCC(c2cc(Cl)cc3[nH]ccc23)CC1. The number of carbonyl (C=O) groups excluding carboxylic acids is 1. The molecular formula is C16H19ClN2O. The van der Waals surface area contributed by atoms with Gasteiger partial charge in [0.05, 0.1) is 0 Å². The van der Waals surface area contributed by atoms with Crippen LogP contribution in [0.25, 0.3) is 10.9 Å². The van der Waals surface area contributed by atoms with Crippen LogP contribution in [0.1, 0.15) is 37.7 Å². The maximum atomic E-state index is 11.7. The predicted octanol–water partition coefficient (Wildman–Crippen LogP) is 3.94. The maximum Gasteiger partial charge on any atom is 0.222 e. The molecule has 4 heteroatoms. The summed E-state index contributed by atoms with van der Waals surface area (Å²) in [5, 5.41) is 2.04. The van der Waals surface area contributed by atoms with Crippen molar-refractivity contribution in [1.29, 1.82) is 0 Å². The number of nitrogens with one attached hydrogen (secondary N) is 1. The summed E-state index contributed by atoms with van der Waals surface area (Å²) in [6.07, 6.45) is 4.60. The summed E-state index contributed by atoms with van der Waals surface area (Å²) >= 11 is 6.22. The zero-order chi connectivity index (χ0) is 14.1. The lowest BCUT2D eigenvalue weighted by Crippen LogP contribution is -2.37. The van der Waals surface area contributed by atoms with Gasteiger partial charge in [0.15, 0.2) is 0 Å². The van der Waals surface area contributed by atoms with Crippen LogP contribution in [-0.2, 0) is 4.79 Å². The highest BCUT2D eigenvalue weighted by molar-refractivity contribution is 6.31. The molecule has 0 saturated carbocycles. The lowest BCUT2D eigenvalue weighted by atomic mass is 9.87. The fourth-order valence-electron chi connectivity index (χ4n) is 3.16. The molecule has 1 saturated heterocycles. The van der Waals surface area contributed by atoms with Crippen LogP contribution in [0.4, 0.5) is 0 Å². The Kier molecular flexibility index (Phi) is 3.70. The Labute approximate surface area is 123 Å². The van der Waals surface area contributed by atoms with E-state index < -0.39 is 0 Å². The molecule has 2 aromatic rings. The Morgan fingerprint density at radius 2 is 2.15 bits per heavy atom. The van der Waals surface area contributed by atoms with Gasteiger partial charge >= 0.3 is 0 Å². The van der Waals surface area contributed by atoms with E-state index in [1.807, 2.05) is 24.1 Å². The first kappa shape index (κ1) is 13.5. The second-order valence-corrected chi connectivity index (χ2v) is 5.88. The number of nitrogens with zero attached hydrogens (tertiary/aromatic N) is 1. The lowest BCUT2D eigenvalue weighted by molar-refractivity contribution is -0.131. The first-order chi connectivity index (χ1) is 9.69. The van der Waals surface area contributed by atoms with Gasteiger partial charge in [-0.2, -0.15) is 0 Å². The molecule has 0 atom stereocenters. The normalized spacial score (nSPS) is 16.8. The molecule has 1 aromatic heterocycles. The third kappa shape index (κ3) is 2.42. The molecule has 0 bridgehead atoms. The summed E-state index contributed by atoms with van der Waals surface area (Å²) in [5.41, 5.74) is 2.41. The molecule has 1 fully saturated rings. The van der Waals surface area contributed by atoms with Crippen molar-refractivity contribution in [3.8, 4) is 0 Å². The van der Waals surface area contributed by atoms with Crippen LogP contribution < -0.4 is 0 Å². The molecule has 0 spiro atoms. The molecule has 0 radical (unpaired) electrons. The molecule has 106 valence electrons. The van der Waals surface area contributed by atoms with E-state index in [-0.39, 0.29) is 5.91 Å². The number of carbonyl (C=O) groups is 1. The van der Waals surface area contributed by atoms with Crippen molar-refractivity contribution in [2.75, 3.05) is 13.1 Å². The summed E-state index contributed by atoms with van der Waals surface area (Å²) in [7, 11) is 0. The van der Waals surface area contributed by atoms with Gasteiger partial charge in [-0.25, -0.2) is 0 Å². The van der Waals surface area contributed by atoms with Crippen molar-refractivity contribution in [1.82, 2.24) is 9.88 Å². The van der Waals surface area contributed by atoms with Crippen molar-refractivity contribution in [2.24, 2.45) is 0 Å². The third-order valence-corrected chi connectivity index (χ3v) is 4.47. The highest BCUT2D eigenvalue weighted by atomic mass is 35.5. The average Bonchev–Trinajstić information content (AvgIpc) is 2.94. The van der Waals surface area contributed by atoms with E-state index in [9.17, 15) is 4.79 Å². The zero-order valence-corrected chi connectivity index (χ0v) is 12.4. The fraction of sp³-hybridized carbons (Fsp3) is 0.438. The van der Waals surface area contributed by atoms with E-state index in [1.165, 1.54) is 10.9 Å². The van der Waals surface area contributed by atoms with E-state index >= 15 is 0 Å². The number of aromatic amines is 1. The standard InChI is InChI=1S/C16H19ClN2O/c1-2-16(20)19-7-4-11(5-8-19)14-9-12(17)10-15-13(14)3-6-18-15/h3,6,9-11,18H,2,4-5,7-8H2,1H3. The molecule has 0 unspecified atom stereocenters. The lowest BCUT2D eigenvalue weighted by Gasteiger charge is -2.32. The summed E-state index contributed by atoms with van der Waals surface area (Å²) in [6.45, 7) is 3.64. The van der Waals surface area contributed by atoms with Gasteiger partial charge < -0.3 is 9.88 Å². The Morgan fingerprint density at radius 3 is 2.85 bits per heavy atom. The van der Waals surface area contributed by atoms with Crippen LogP contribution >= 0.6 is 11.6 Å². The second-order valence-electron chi connectivity index (χ2n) is 5.44. The average molecular weight is 291 g/mol. The summed E-state index contributed by atoms with van der Waals surface area (Å²) in [4.78, 5) is 16.9. The third-order valence-electron chi connectivity index (χ3n) is 4.26. The molecule has 1 aliphatic rings. The second kappa shape index (κ2) is 5.49. The van der Waals surface area contributed by atoms with Crippen LogP contribution in [0.15, 0.2) is 24.4 Å². The van der Waals surface area contributed by atoms with Gasteiger partial charge in [0.25, 0.3) is 0 Å². The summed E-state index contributed by atoms with van der Waals surface area (Å²) < 4.78 is 0. The number of fused-ring (bicyclic) bond motifs is 1. The van der Waals surface area contributed by atoms with Crippen LogP contribution in [0, 0.1) is 0 Å². The quantitative estimate of drug-likeness (QED) is 0.893. The summed E-state index contributed by atoms with van der Waals surface area (Å²) in [5.74, 6) is 0.759. The van der Waals surface area contributed by atoms with E-state index in [4.69, 9.17) is 11.6 Å². The van der Waals surface area contributed by atoms with E-state index in [0.717, 1.165) is 36.5 Å². The number of amides is 1. The minimum Gasteiger partial charge on any atom is -0.361 e. The topological polar surface area (TPSA) is 36.1 Å². The largest absolute Gasteiger partial charge is 0.361 e. The van der Waals surface area contributed by atoms with Gasteiger partial charge in [0.1, 0.15) is 0 Å². The number of piperidine rings is 1. The number of rotatable bonds is 2. The van der Waals surface area contributed by atoms with Crippen molar-refractivity contribution < 1.29 is 4.79 Å². The molecule has 2 heterocycles. The minimum atomic E-state index is 0.265. The molecule has 20 heavy (non-hydrogen) atoms. The number of aromatic nitrogens is 1. The molecule has 3 nitrogen and oxygen atoms in total. The van der Waals surface area contributed by atoms with Gasteiger partial charge in [-0.1, -0.05) is 18.5 Å². The van der Waals surface area contributed by atoms with E-state index in [1.54, 1.807) is 0 Å². The molecule has 1 amide bonds. The molecular weight excluding hydrogens is 272 g/mol. The monoisotopic (exact) mass is 290 g/mol. The van der Waals surface area contributed by atoms with Crippen molar-refractivity contribution >= 4 is 28.4 Å². The number of hydrogen-bond donors (Lipinski definition) is 1. The predicted molar refractivity (Wildman–Crippen MR) is 82.2 cm³/mol. The Balaban J connectivity index is 1.83. The highest BCUT2D eigenvalue weighted by Gasteiger charge is 2.24. The Morgan fingerprint density at radius 1 is 1.40 bits per heavy atom. The smallest absolute Gasteiger partial charge is 0.222 e. The number of benzene rings is 1. The fourth-order valence-corrected chi connectivity index (χ4v) is 3.39. The molecule has 1 N–H and O–H groups in total. The number of H-pyrrole nitrogens is 1. The van der Waals surface area contributed by atoms with Crippen molar-refractivity contribution in [3.63, 3.8) is 0 Å². The summed E-state index contributed by atoms with van der Waals surface area (Å²) in [6, 6.07) is 6.17. The maximum absolute atomic E-state index is 11.7. The number of likely N-dealkylation sites (tertiary alicyclic amines) is 1. The van der Waals surface area contributed by atoms with Crippen molar-refractivity contribution in [2.45, 2.75) is 32.1 Å². The molecule has 1 aromatic carbocycles. The first-order valence-electron chi connectivity index (χ1n) is 7.23. The van der Waals surface area contributed by atoms with Gasteiger partial charge in [0.2, 0.25) is 5.91 Å². The van der Waals surface area contributed by atoms with Crippen LogP contribution in [0.5, 0.6) is 0 Å². The molecule has 0 aliphatic carbocycles. The van der Waals surface area contributed by atoms with Crippen LogP contribution in [0.3, 0.4) is 0 Å². The molecule has 3 rings (SSSR count). The van der Waals surface area contributed by atoms with Crippen LogP contribution in [0.2, 0.25) is 5.02 Å². The Bertz CT molecular complexity index is 626. The Hall–Kier alpha value is -1.48. The molecule has 1 aliphatic heterocycles.